The summed E-state index contributed by atoms with van der Waals surface area (Å²) in [4.78, 5) is 0. The summed E-state index contributed by atoms with van der Waals surface area (Å²) in [7, 11) is 0. The van der Waals surface area contributed by atoms with Gasteiger partial charge in [-0.3, -0.25) is 0 Å². The highest BCUT2D eigenvalue weighted by Crippen LogP contribution is 2.47. The molecular formula is C31H30F8O. The van der Waals surface area contributed by atoms with Gasteiger partial charge in [0.1, 0.15) is 22.9 Å². The van der Waals surface area contributed by atoms with Crippen molar-refractivity contribution in [3.05, 3.63) is 82.2 Å². The standard InChI is InChI=1S/C31H30F8O/c1-3-4-5-8-18-11-13-19(14-12-18)25-29(36)27(34)17(2)28(35)30(25)40-24-10-7-6-9-21(24)20-15-22(32)26(23(33)16-20)31(37,38)39/h6-7,9-10,15-16,18-19H,3-5,8,11-14H2,1-2H3. The van der Waals surface area contributed by atoms with Crippen LogP contribution >= 0.6 is 0 Å². The molecule has 0 heterocycles. The van der Waals surface area contributed by atoms with Gasteiger partial charge in [0.15, 0.2) is 23.2 Å². The van der Waals surface area contributed by atoms with Crippen molar-refractivity contribution in [1.82, 2.24) is 0 Å². The number of halogens is 8. The van der Waals surface area contributed by atoms with Crippen LogP contribution in [0.15, 0.2) is 36.4 Å². The molecule has 1 fully saturated rings. The van der Waals surface area contributed by atoms with Crippen LogP contribution in [0.3, 0.4) is 0 Å². The van der Waals surface area contributed by atoms with Crippen LogP contribution in [0.4, 0.5) is 35.1 Å². The first-order chi connectivity index (χ1) is 18.9. The monoisotopic (exact) mass is 570 g/mol. The molecule has 40 heavy (non-hydrogen) atoms. The smallest absolute Gasteiger partial charge is 0.422 e. The number of para-hydroxylation sites is 1. The largest absolute Gasteiger partial charge is 0.453 e. The Hall–Kier alpha value is -3.10. The predicted octanol–water partition coefficient (Wildman–Crippen LogP) is 11.0. The molecule has 1 aliphatic carbocycles. The van der Waals surface area contributed by atoms with E-state index >= 15 is 8.78 Å². The normalized spacial score (nSPS) is 17.8. The number of hydrogen-bond donors (Lipinski definition) is 0. The van der Waals surface area contributed by atoms with Gasteiger partial charge in [0.2, 0.25) is 0 Å². The maximum absolute atomic E-state index is 15.5. The predicted molar refractivity (Wildman–Crippen MR) is 137 cm³/mol. The molecule has 4 rings (SSSR count). The second-order valence-electron chi connectivity index (χ2n) is 10.4. The quantitative estimate of drug-likeness (QED) is 0.149. The molecule has 0 saturated heterocycles. The van der Waals surface area contributed by atoms with E-state index in [-0.39, 0.29) is 22.4 Å². The minimum atomic E-state index is -5.25. The third-order valence-corrected chi connectivity index (χ3v) is 7.74. The van der Waals surface area contributed by atoms with Crippen LogP contribution in [0.5, 0.6) is 11.5 Å². The molecular weight excluding hydrogens is 540 g/mol. The Labute approximate surface area is 228 Å². The number of unbranched alkanes of at least 4 members (excludes halogenated alkanes) is 2. The van der Waals surface area contributed by atoms with Crippen LogP contribution in [0.25, 0.3) is 11.1 Å². The fourth-order valence-electron chi connectivity index (χ4n) is 5.56. The van der Waals surface area contributed by atoms with Gasteiger partial charge in [0.25, 0.3) is 0 Å². The lowest BCUT2D eigenvalue weighted by atomic mass is 9.76. The van der Waals surface area contributed by atoms with Gasteiger partial charge >= 0.3 is 6.18 Å². The Morgan fingerprint density at radius 3 is 2.05 bits per heavy atom. The lowest BCUT2D eigenvalue weighted by Crippen LogP contribution is -2.17. The van der Waals surface area contributed by atoms with E-state index in [9.17, 15) is 26.3 Å². The lowest BCUT2D eigenvalue weighted by molar-refractivity contribution is -0.142. The number of hydrogen-bond acceptors (Lipinski definition) is 1. The van der Waals surface area contributed by atoms with Crippen molar-refractivity contribution in [1.29, 1.82) is 0 Å². The Morgan fingerprint density at radius 1 is 0.825 bits per heavy atom. The van der Waals surface area contributed by atoms with E-state index in [1.807, 2.05) is 0 Å². The molecule has 0 atom stereocenters. The third-order valence-electron chi connectivity index (χ3n) is 7.74. The van der Waals surface area contributed by atoms with Crippen molar-refractivity contribution in [3.63, 3.8) is 0 Å². The van der Waals surface area contributed by atoms with Gasteiger partial charge in [-0.2, -0.15) is 13.2 Å². The zero-order chi connectivity index (χ0) is 29.2. The van der Waals surface area contributed by atoms with E-state index < -0.39 is 58.1 Å². The Morgan fingerprint density at radius 2 is 1.45 bits per heavy atom. The second kappa shape index (κ2) is 12.2. The van der Waals surface area contributed by atoms with Crippen molar-refractivity contribution in [2.24, 2.45) is 5.92 Å². The third kappa shape index (κ3) is 6.13. The van der Waals surface area contributed by atoms with Gasteiger partial charge < -0.3 is 4.74 Å². The van der Waals surface area contributed by atoms with Gasteiger partial charge in [-0.25, -0.2) is 22.0 Å². The zero-order valence-corrected chi connectivity index (χ0v) is 22.2. The molecule has 0 radical (unpaired) electrons. The summed E-state index contributed by atoms with van der Waals surface area (Å²) in [5.41, 5.74) is -3.22. The topological polar surface area (TPSA) is 9.23 Å². The minimum Gasteiger partial charge on any atom is -0.453 e. The summed E-state index contributed by atoms with van der Waals surface area (Å²) >= 11 is 0. The summed E-state index contributed by atoms with van der Waals surface area (Å²) in [6.07, 6.45) is 1.63. The Kier molecular flexibility index (Phi) is 9.10. The highest BCUT2D eigenvalue weighted by atomic mass is 19.4. The molecule has 9 heteroatoms. The fraction of sp³-hybridized carbons (Fsp3) is 0.419. The van der Waals surface area contributed by atoms with E-state index in [2.05, 4.69) is 6.92 Å². The molecule has 0 unspecified atom stereocenters. The summed E-state index contributed by atoms with van der Waals surface area (Å²) in [5.74, 6) is -8.09. The maximum atomic E-state index is 15.5. The summed E-state index contributed by atoms with van der Waals surface area (Å²) in [6.45, 7) is 3.19. The molecule has 0 amide bonds. The van der Waals surface area contributed by atoms with E-state index in [1.54, 1.807) is 0 Å². The summed E-state index contributed by atoms with van der Waals surface area (Å²) in [6, 6.07) is 6.55. The zero-order valence-electron chi connectivity index (χ0n) is 22.2. The SMILES string of the molecule is CCCCCC1CCC(c2c(F)c(F)c(C)c(F)c2Oc2ccccc2-c2cc(F)c(C(F)(F)F)c(F)c2)CC1. The van der Waals surface area contributed by atoms with Crippen LogP contribution in [-0.4, -0.2) is 0 Å². The van der Waals surface area contributed by atoms with E-state index in [1.165, 1.54) is 24.3 Å². The van der Waals surface area contributed by atoms with Gasteiger partial charge in [0.05, 0.1) is 0 Å². The highest BCUT2D eigenvalue weighted by Gasteiger charge is 2.38. The lowest BCUT2D eigenvalue weighted by Gasteiger charge is -2.30. The molecule has 0 N–H and O–H groups in total. The maximum Gasteiger partial charge on any atom is 0.422 e. The van der Waals surface area contributed by atoms with Gasteiger partial charge in [-0.15, -0.1) is 0 Å². The molecule has 1 aliphatic rings. The minimum absolute atomic E-state index is 0.0543. The van der Waals surface area contributed by atoms with Crippen LogP contribution in [0.1, 0.15) is 80.9 Å². The first-order valence-electron chi connectivity index (χ1n) is 13.4. The molecule has 0 spiro atoms. The summed E-state index contributed by atoms with van der Waals surface area (Å²) < 4.78 is 119. The van der Waals surface area contributed by atoms with E-state index in [0.29, 0.717) is 30.9 Å². The molecule has 216 valence electrons. The van der Waals surface area contributed by atoms with Crippen molar-refractivity contribution in [2.45, 2.75) is 77.3 Å². The number of rotatable bonds is 8. The number of benzene rings is 3. The van der Waals surface area contributed by atoms with Crippen LogP contribution in [0, 0.1) is 41.9 Å². The molecule has 0 aromatic heterocycles. The van der Waals surface area contributed by atoms with E-state index in [4.69, 9.17) is 4.74 Å². The van der Waals surface area contributed by atoms with Crippen LogP contribution in [-0.2, 0) is 6.18 Å². The summed E-state index contributed by atoms with van der Waals surface area (Å²) in [5, 5.41) is 0. The van der Waals surface area contributed by atoms with Crippen molar-refractivity contribution < 1.29 is 39.9 Å². The number of alkyl halides is 3. The molecule has 1 nitrogen and oxygen atoms in total. The molecule has 1 saturated carbocycles. The average molecular weight is 571 g/mol. The van der Waals surface area contributed by atoms with E-state index in [0.717, 1.165) is 45.4 Å². The molecule has 0 aliphatic heterocycles. The van der Waals surface area contributed by atoms with Crippen LogP contribution < -0.4 is 4.74 Å². The first-order valence-corrected chi connectivity index (χ1v) is 13.4. The van der Waals surface area contributed by atoms with Gasteiger partial charge in [0, 0.05) is 16.7 Å². The molecule has 0 bridgehead atoms. The van der Waals surface area contributed by atoms with Gasteiger partial charge in [-0.1, -0.05) is 50.8 Å². The fourth-order valence-corrected chi connectivity index (χ4v) is 5.56. The highest BCUT2D eigenvalue weighted by molar-refractivity contribution is 5.71. The molecule has 3 aromatic rings. The van der Waals surface area contributed by atoms with Crippen molar-refractivity contribution >= 4 is 0 Å². The van der Waals surface area contributed by atoms with Crippen molar-refractivity contribution in [3.8, 4) is 22.6 Å². The first kappa shape index (κ1) is 29.9. The van der Waals surface area contributed by atoms with Gasteiger partial charge in [-0.05, 0) is 68.2 Å². The molecule has 3 aromatic carbocycles. The second-order valence-corrected chi connectivity index (χ2v) is 10.4. The van der Waals surface area contributed by atoms with Crippen molar-refractivity contribution in [2.75, 3.05) is 0 Å². The Balaban J connectivity index is 1.72. The number of ether oxygens (including phenoxy) is 1. The van der Waals surface area contributed by atoms with Crippen LogP contribution in [0.2, 0.25) is 0 Å². The Bertz CT molecular complexity index is 1330. The average Bonchev–Trinajstić information content (AvgIpc) is 2.90.